The molecule has 6 heteroatoms. The Bertz CT molecular complexity index is 545. The fourth-order valence-electron chi connectivity index (χ4n) is 2.32. The van der Waals surface area contributed by atoms with Gasteiger partial charge < -0.3 is 15.3 Å². The zero-order valence-electron chi connectivity index (χ0n) is 12.5. The molecule has 1 aliphatic heterocycles. The predicted molar refractivity (Wildman–Crippen MR) is 80.7 cm³/mol. The highest BCUT2D eigenvalue weighted by molar-refractivity contribution is 5.98. The highest BCUT2D eigenvalue weighted by Crippen LogP contribution is 2.36. The lowest BCUT2D eigenvalue weighted by molar-refractivity contribution is -0.138. The number of anilines is 1. The van der Waals surface area contributed by atoms with Gasteiger partial charge in [0, 0.05) is 24.8 Å². The summed E-state index contributed by atoms with van der Waals surface area (Å²) in [7, 11) is 3.89. The van der Waals surface area contributed by atoms with Gasteiger partial charge in [0.1, 0.15) is 5.92 Å². The smallest absolute Gasteiger partial charge is 0.321 e. The molecule has 0 aliphatic carbocycles. The molecule has 0 saturated heterocycles. The van der Waals surface area contributed by atoms with Gasteiger partial charge in [0.15, 0.2) is 0 Å². The van der Waals surface area contributed by atoms with Crippen LogP contribution in [0.15, 0.2) is 24.3 Å². The summed E-state index contributed by atoms with van der Waals surface area (Å²) >= 11 is 0. The van der Waals surface area contributed by atoms with Gasteiger partial charge in [-0.05, 0) is 32.6 Å². The molecular formula is C15H21N3O3. The molecule has 2 atom stereocenters. The Hall–Kier alpha value is -2.08. The molecule has 114 valence electrons. The summed E-state index contributed by atoms with van der Waals surface area (Å²) in [6.07, 6.45) is 0. The Morgan fingerprint density at radius 3 is 2.71 bits per heavy atom. The zero-order valence-corrected chi connectivity index (χ0v) is 12.5. The van der Waals surface area contributed by atoms with Crippen LogP contribution in [0.3, 0.4) is 0 Å². The standard InChI is InChI=1S/C15H21N3O3/c1-10(17(2)3)8-16-15(21)18-9-12(14(19)20)11-6-4-5-7-13(11)18/h4-7,10,12H,8-9H2,1-3H3,(H,16,21)(H,19,20). The molecule has 1 aliphatic rings. The molecule has 0 bridgehead atoms. The van der Waals surface area contributed by atoms with E-state index in [9.17, 15) is 14.7 Å². The van der Waals surface area contributed by atoms with Gasteiger partial charge in [0.2, 0.25) is 0 Å². The second-order valence-electron chi connectivity index (χ2n) is 5.56. The van der Waals surface area contributed by atoms with Crippen molar-refractivity contribution in [3.05, 3.63) is 29.8 Å². The maximum atomic E-state index is 12.3. The van der Waals surface area contributed by atoms with Crippen molar-refractivity contribution in [2.75, 3.05) is 32.1 Å². The minimum absolute atomic E-state index is 0.177. The van der Waals surface area contributed by atoms with Crippen LogP contribution in [-0.2, 0) is 4.79 Å². The number of benzene rings is 1. The molecule has 0 spiro atoms. The van der Waals surface area contributed by atoms with E-state index in [2.05, 4.69) is 5.32 Å². The molecule has 1 aromatic rings. The molecule has 0 radical (unpaired) electrons. The molecule has 1 heterocycles. The van der Waals surface area contributed by atoms with Crippen LogP contribution in [0.25, 0.3) is 0 Å². The molecule has 2 rings (SSSR count). The van der Waals surface area contributed by atoms with E-state index in [1.165, 1.54) is 4.90 Å². The van der Waals surface area contributed by atoms with E-state index in [1.807, 2.05) is 32.0 Å². The number of nitrogens with one attached hydrogen (secondary N) is 1. The van der Waals surface area contributed by atoms with Gasteiger partial charge >= 0.3 is 12.0 Å². The van der Waals surface area contributed by atoms with Crippen LogP contribution in [0.5, 0.6) is 0 Å². The van der Waals surface area contributed by atoms with Gasteiger partial charge in [-0.15, -0.1) is 0 Å². The summed E-state index contributed by atoms with van der Waals surface area (Å²) < 4.78 is 0. The second-order valence-corrected chi connectivity index (χ2v) is 5.56. The van der Waals surface area contributed by atoms with E-state index in [0.717, 1.165) is 0 Å². The van der Waals surface area contributed by atoms with Gasteiger partial charge in [0.05, 0.1) is 0 Å². The number of likely N-dealkylation sites (N-methyl/N-ethyl adjacent to an activating group) is 1. The average molecular weight is 291 g/mol. The van der Waals surface area contributed by atoms with E-state index < -0.39 is 11.9 Å². The lowest BCUT2D eigenvalue weighted by Crippen LogP contribution is -2.45. The zero-order chi connectivity index (χ0) is 15.6. The number of carboxylic acid groups (broad SMARTS) is 1. The SMILES string of the molecule is CC(CNC(=O)N1CC(C(=O)O)c2ccccc21)N(C)C. The molecule has 2 unspecified atom stereocenters. The molecule has 2 N–H and O–H groups in total. The summed E-state index contributed by atoms with van der Waals surface area (Å²) in [6, 6.07) is 7.12. The van der Waals surface area contributed by atoms with Crippen LogP contribution >= 0.6 is 0 Å². The van der Waals surface area contributed by atoms with E-state index >= 15 is 0 Å². The van der Waals surface area contributed by atoms with E-state index in [0.29, 0.717) is 17.8 Å². The van der Waals surface area contributed by atoms with Crippen LogP contribution in [0.1, 0.15) is 18.4 Å². The van der Waals surface area contributed by atoms with Gasteiger partial charge in [-0.1, -0.05) is 18.2 Å². The fraction of sp³-hybridized carbons (Fsp3) is 0.467. The Balaban J connectivity index is 2.11. The van der Waals surface area contributed by atoms with E-state index in [4.69, 9.17) is 0 Å². The highest BCUT2D eigenvalue weighted by atomic mass is 16.4. The first-order valence-corrected chi connectivity index (χ1v) is 6.95. The molecule has 0 fully saturated rings. The minimum Gasteiger partial charge on any atom is -0.481 e. The lowest BCUT2D eigenvalue weighted by Gasteiger charge is -2.23. The van der Waals surface area contributed by atoms with Gasteiger partial charge in [0.25, 0.3) is 0 Å². The van der Waals surface area contributed by atoms with Crippen molar-refractivity contribution in [2.24, 2.45) is 0 Å². The normalized spacial score (nSPS) is 18.5. The van der Waals surface area contributed by atoms with Gasteiger partial charge in [-0.3, -0.25) is 9.69 Å². The van der Waals surface area contributed by atoms with Crippen molar-refractivity contribution in [3.63, 3.8) is 0 Å². The maximum absolute atomic E-state index is 12.3. The highest BCUT2D eigenvalue weighted by Gasteiger charge is 2.36. The Kier molecular flexibility index (Phi) is 4.47. The quantitative estimate of drug-likeness (QED) is 0.878. The number of hydrogen-bond donors (Lipinski definition) is 2. The summed E-state index contributed by atoms with van der Waals surface area (Å²) in [6.45, 7) is 2.71. The lowest BCUT2D eigenvalue weighted by atomic mass is 10.0. The van der Waals surface area contributed by atoms with Crippen molar-refractivity contribution in [1.29, 1.82) is 0 Å². The fourth-order valence-corrected chi connectivity index (χ4v) is 2.32. The molecule has 0 aromatic heterocycles. The number of para-hydroxylation sites is 1. The second kappa shape index (κ2) is 6.13. The third-order valence-electron chi connectivity index (χ3n) is 3.94. The number of rotatable bonds is 4. The topological polar surface area (TPSA) is 72.9 Å². The van der Waals surface area contributed by atoms with Crippen LogP contribution in [-0.4, -0.2) is 55.2 Å². The predicted octanol–water partition coefficient (Wildman–Crippen LogP) is 1.33. The summed E-state index contributed by atoms with van der Waals surface area (Å²) in [5, 5.41) is 12.1. The number of hydrogen-bond acceptors (Lipinski definition) is 3. The third kappa shape index (κ3) is 3.16. The first-order chi connectivity index (χ1) is 9.91. The van der Waals surface area contributed by atoms with Crippen molar-refractivity contribution in [1.82, 2.24) is 10.2 Å². The maximum Gasteiger partial charge on any atom is 0.321 e. The number of amides is 2. The molecule has 0 saturated carbocycles. The Morgan fingerprint density at radius 1 is 1.43 bits per heavy atom. The Labute approximate surface area is 124 Å². The van der Waals surface area contributed by atoms with Crippen LogP contribution in [0.2, 0.25) is 0 Å². The number of carbonyl (C=O) groups excluding carboxylic acids is 1. The van der Waals surface area contributed by atoms with Crippen LogP contribution in [0, 0.1) is 0 Å². The molecular weight excluding hydrogens is 270 g/mol. The number of nitrogens with zero attached hydrogens (tertiary/aromatic N) is 2. The van der Waals surface area contributed by atoms with Crippen molar-refractivity contribution in [2.45, 2.75) is 18.9 Å². The van der Waals surface area contributed by atoms with E-state index in [1.54, 1.807) is 18.2 Å². The van der Waals surface area contributed by atoms with Gasteiger partial charge in [-0.2, -0.15) is 0 Å². The van der Waals surface area contributed by atoms with Crippen LogP contribution in [0.4, 0.5) is 10.5 Å². The largest absolute Gasteiger partial charge is 0.481 e. The first-order valence-electron chi connectivity index (χ1n) is 6.95. The number of fused-ring (bicyclic) bond motifs is 1. The summed E-state index contributed by atoms with van der Waals surface area (Å²) in [5.41, 5.74) is 1.38. The summed E-state index contributed by atoms with van der Waals surface area (Å²) in [5.74, 6) is -1.56. The van der Waals surface area contributed by atoms with Crippen molar-refractivity contribution < 1.29 is 14.7 Å². The van der Waals surface area contributed by atoms with E-state index in [-0.39, 0.29) is 18.6 Å². The average Bonchev–Trinajstić information content (AvgIpc) is 2.84. The molecule has 6 nitrogen and oxygen atoms in total. The third-order valence-corrected chi connectivity index (χ3v) is 3.94. The van der Waals surface area contributed by atoms with Crippen LogP contribution < -0.4 is 10.2 Å². The molecule has 2 amide bonds. The van der Waals surface area contributed by atoms with Gasteiger partial charge in [-0.25, -0.2) is 4.79 Å². The van der Waals surface area contributed by atoms with Crippen molar-refractivity contribution >= 4 is 17.7 Å². The number of carboxylic acids is 1. The minimum atomic E-state index is -0.903. The molecule has 1 aromatic carbocycles. The first kappa shape index (κ1) is 15.3. The Morgan fingerprint density at radius 2 is 2.10 bits per heavy atom. The molecule has 21 heavy (non-hydrogen) atoms. The number of carbonyl (C=O) groups is 2. The monoisotopic (exact) mass is 291 g/mol. The number of urea groups is 1. The summed E-state index contributed by atoms with van der Waals surface area (Å²) in [4.78, 5) is 27.2. The number of aliphatic carboxylic acids is 1. The van der Waals surface area contributed by atoms with Crippen molar-refractivity contribution in [3.8, 4) is 0 Å².